The number of carbonyl (C=O) groups excluding carboxylic acids is 1. The molecule has 1 aliphatic heterocycles. The van der Waals surface area contributed by atoms with Gasteiger partial charge in [0, 0.05) is 19.3 Å². The summed E-state index contributed by atoms with van der Waals surface area (Å²) in [6.07, 6.45) is -4.10. The Balaban J connectivity index is 2.20. The fourth-order valence-corrected chi connectivity index (χ4v) is 2.78. The molecule has 0 unspecified atom stereocenters. The molecule has 0 spiro atoms. The van der Waals surface area contributed by atoms with E-state index in [0.29, 0.717) is 26.1 Å². The minimum atomic E-state index is -4.56. The highest BCUT2D eigenvalue weighted by atomic mass is 19.4. The van der Waals surface area contributed by atoms with E-state index < -0.39 is 36.6 Å². The van der Waals surface area contributed by atoms with Crippen molar-refractivity contribution in [1.29, 1.82) is 0 Å². The Morgan fingerprint density at radius 3 is 2.42 bits per heavy atom. The van der Waals surface area contributed by atoms with Crippen molar-refractivity contribution in [1.82, 2.24) is 4.90 Å². The van der Waals surface area contributed by atoms with Crippen LogP contribution in [0.3, 0.4) is 0 Å². The van der Waals surface area contributed by atoms with Crippen LogP contribution in [0.2, 0.25) is 0 Å². The van der Waals surface area contributed by atoms with E-state index >= 15 is 0 Å². The summed E-state index contributed by atoms with van der Waals surface area (Å²) in [5.74, 6) is -1.82. The molecular weight excluding hydrogens is 327 g/mol. The molecule has 1 aromatic rings. The van der Waals surface area contributed by atoms with Crippen LogP contribution in [0.25, 0.3) is 0 Å². The van der Waals surface area contributed by atoms with Crippen LogP contribution >= 0.6 is 0 Å². The summed E-state index contributed by atoms with van der Waals surface area (Å²) in [7, 11) is 0. The van der Waals surface area contributed by atoms with Crippen LogP contribution in [0.5, 0.6) is 0 Å². The molecule has 132 valence electrons. The second kappa shape index (κ2) is 7.65. The first-order chi connectivity index (χ1) is 11.3. The van der Waals surface area contributed by atoms with Gasteiger partial charge in [0.2, 0.25) is 5.91 Å². The Bertz CT molecular complexity index is 597. The molecule has 0 radical (unpaired) electrons. The Kier molecular flexibility index (Phi) is 5.82. The first-order valence-electron chi connectivity index (χ1n) is 7.53. The first kappa shape index (κ1) is 18.3. The van der Waals surface area contributed by atoms with E-state index in [0.717, 1.165) is 11.0 Å². The molecule has 1 amide bonds. The third kappa shape index (κ3) is 4.70. The maximum absolute atomic E-state index is 13.0. The van der Waals surface area contributed by atoms with Gasteiger partial charge < -0.3 is 14.7 Å². The largest absolute Gasteiger partial charge is 0.480 e. The number of ether oxygens (including phenoxy) is 1. The van der Waals surface area contributed by atoms with Gasteiger partial charge in [0.1, 0.15) is 6.54 Å². The van der Waals surface area contributed by atoms with Crippen LogP contribution in [-0.4, -0.2) is 47.7 Å². The quantitative estimate of drug-likeness (QED) is 0.890. The van der Waals surface area contributed by atoms with Gasteiger partial charge >= 0.3 is 12.1 Å². The van der Waals surface area contributed by atoms with Gasteiger partial charge in [-0.15, -0.1) is 0 Å². The standard InChI is InChI=1S/C16H18F3NO4/c17-16(18,19)13-4-2-1-3-11(13)9-14(21)20(10-15(22)23)12-5-7-24-8-6-12/h1-4,12H,5-10H2,(H,22,23). The molecule has 0 atom stereocenters. The van der Waals surface area contributed by atoms with Crippen LogP contribution in [-0.2, 0) is 26.9 Å². The molecule has 1 heterocycles. The topological polar surface area (TPSA) is 66.8 Å². The van der Waals surface area contributed by atoms with Crippen LogP contribution in [0.15, 0.2) is 24.3 Å². The van der Waals surface area contributed by atoms with E-state index in [9.17, 15) is 22.8 Å². The molecule has 24 heavy (non-hydrogen) atoms. The fourth-order valence-electron chi connectivity index (χ4n) is 2.78. The number of alkyl halides is 3. The molecule has 8 heteroatoms. The zero-order valence-corrected chi connectivity index (χ0v) is 12.9. The number of halogens is 3. The second-order valence-corrected chi connectivity index (χ2v) is 5.59. The zero-order valence-electron chi connectivity index (χ0n) is 12.9. The lowest BCUT2D eigenvalue weighted by molar-refractivity contribution is -0.147. The Morgan fingerprint density at radius 1 is 1.21 bits per heavy atom. The zero-order chi connectivity index (χ0) is 17.7. The van der Waals surface area contributed by atoms with Crippen LogP contribution < -0.4 is 0 Å². The summed E-state index contributed by atoms with van der Waals surface area (Å²) in [5, 5.41) is 9.01. The molecule has 5 nitrogen and oxygen atoms in total. The van der Waals surface area contributed by atoms with Gasteiger partial charge in [-0.25, -0.2) is 0 Å². The summed E-state index contributed by atoms with van der Waals surface area (Å²) < 4.78 is 44.3. The lowest BCUT2D eigenvalue weighted by Crippen LogP contribution is -2.46. The molecule has 0 aliphatic carbocycles. The van der Waals surface area contributed by atoms with Crippen molar-refractivity contribution in [2.24, 2.45) is 0 Å². The fraction of sp³-hybridized carbons (Fsp3) is 0.500. The monoisotopic (exact) mass is 345 g/mol. The van der Waals surface area contributed by atoms with Gasteiger partial charge in [-0.05, 0) is 24.5 Å². The van der Waals surface area contributed by atoms with Crippen molar-refractivity contribution in [2.75, 3.05) is 19.8 Å². The van der Waals surface area contributed by atoms with Crippen molar-refractivity contribution >= 4 is 11.9 Å². The normalized spacial score (nSPS) is 16.0. The molecular formula is C16H18F3NO4. The van der Waals surface area contributed by atoms with Crippen molar-refractivity contribution in [3.63, 3.8) is 0 Å². The minimum Gasteiger partial charge on any atom is -0.480 e. The molecule has 1 N–H and O–H groups in total. The molecule has 1 fully saturated rings. The summed E-state index contributed by atoms with van der Waals surface area (Å²) in [4.78, 5) is 24.7. The average Bonchev–Trinajstić information content (AvgIpc) is 2.52. The van der Waals surface area contributed by atoms with E-state index in [1.807, 2.05) is 0 Å². The Morgan fingerprint density at radius 2 is 1.83 bits per heavy atom. The third-order valence-corrected chi connectivity index (χ3v) is 3.92. The summed E-state index contributed by atoms with van der Waals surface area (Å²) >= 11 is 0. The predicted molar refractivity (Wildman–Crippen MR) is 78.3 cm³/mol. The molecule has 1 saturated heterocycles. The molecule has 0 aromatic heterocycles. The number of hydrogen-bond acceptors (Lipinski definition) is 3. The van der Waals surface area contributed by atoms with E-state index in [1.165, 1.54) is 18.2 Å². The molecule has 1 aromatic carbocycles. The molecule has 0 saturated carbocycles. The first-order valence-corrected chi connectivity index (χ1v) is 7.53. The van der Waals surface area contributed by atoms with Gasteiger partial charge in [0.15, 0.2) is 0 Å². The highest BCUT2D eigenvalue weighted by molar-refractivity contribution is 5.83. The number of rotatable bonds is 5. The highest BCUT2D eigenvalue weighted by Crippen LogP contribution is 2.32. The molecule has 0 bridgehead atoms. The number of carboxylic acid groups (broad SMARTS) is 1. The molecule has 1 aliphatic rings. The lowest BCUT2D eigenvalue weighted by atomic mass is 10.0. The number of hydrogen-bond donors (Lipinski definition) is 1. The van der Waals surface area contributed by atoms with E-state index in [-0.39, 0.29) is 11.6 Å². The Hall–Kier alpha value is -2.09. The highest BCUT2D eigenvalue weighted by Gasteiger charge is 2.34. The van der Waals surface area contributed by atoms with Crippen molar-refractivity contribution in [3.05, 3.63) is 35.4 Å². The maximum Gasteiger partial charge on any atom is 0.416 e. The molecule has 2 rings (SSSR count). The Labute approximate surface area is 137 Å². The van der Waals surface area contributed by atoms with Gasteiger partial charge in [0.05, 0.1) is 12.0 Å². The van der Waals surface area contributed by atoms with E-state index in [1.54, 1.807) is 0 Å². The van der Waals surface area contributed by atoms with Crippen LogP contribution in [0, 0.1) is 0 Å². The van der Waals surface area contributed by atoms with Gasteiger partial charge in [-0.2, -0.15) is 13.2 Å². The van der Waals surface area contributed by atoms with Crippen molar-refractivity contribution in [2.45, 2.75) is 31.5 Å². The second-order valence-electron chi connectivity index (χ2n) is 5.59. The van der Waals surface area contributed by atoms with Gasteiger partial charge in [-0.3, -0.25) is 9.59 Å². The average molecular weight is 345 g/mol. The number of nitrogens with zero attached hydrogens (tertiary/aromatic N) is 1. The number of carboxylic acids is 1. The van der Waals surface area contributed by atoms with Gasteiger partial charge in [-0.1, -0.05) is 18.2 Å². The number of carbonyl (C=O) groups is 2. The summed E-state index contributed by atoms with van der Waals surface area (Å²) in [6, 6.07) is 4.50. The maximum atomic E-state index is 13.0. The third-order valence-electron chi connectivity index (χ3n) is 3.92. The van der Waals surface area contributed by atoms with Gasteiger partial charge in [0.25, 0.3) is 0 Å². The SMILES string of the molecule is O=C(O)CN(C(=O)Cc1ccccc1C(F)(F)F)C1CCOCC1. The predicted octanol–water partition coefficient (Wildman–Crippen LogP) is 2.34. The van der Waals surface area contributed by atoms with Crippen LogP contribution in [0.1, 0.15) is 24.0 Å². The number of benzene rings is 1. The van der Waals surface area contributed by atoms with E-state index in [2.05, 4.69) is 0 Å². The smallest absolute Gasteiger partial charge is 0.416 e. The summed E-state index contributed by atoms with van der Waals surface area (Å²) in [6.45, 7) is 0.262. The van der Waals surface area contributed by atoms with E-state index in [4.69, 9.17) is 9.84 Å². The summed E-state index contributed by atoms with van der Waals surface area (Å²) in [5.41, 5.74) is -1.03. The van der Waals surface area contributed by atoms with Crippen molar-refractivity contribution < 1.29 is 32.6 Å². The minimum absolute atomic E-state index is 0.155. The number of amides is 1. The van der Waals surface area contributed by atoms with Crippen molar-refractivity contribution in [3.8, 4) is 0 Å². The lowest BCUT2D eigenvalue weighted by Gasteiger charge is -2.33. The number of aliphatic carboxylic acids is 1. The van der Waals surface area contributed by atoms with Crippen LogP contribution in [0.4, 0.5) is 13.2 Å².